The van der Waals surface area contributed by atoms with Crippen molar-refractivity contribution in [2.45, 2.75) is 6.54 Å². The number of ether oxygens (including phenoxy) is 1. The van der Waals surface area contributed by atoms with Gasteiger partial charge in [0.2, 0.25) is 11.4 Å². The molecule has 6 nitrogen and oxygen atoms in total. The van der Waals surface area contributed by atoms with E-state index in [2.05, 4.69) is 18.2 Å². The van der Waals surface area contributed by atoms with Crippen LogP contribution in [0.1, 0.15) is 5.01 Å². The van der Waals surface area contributed by atoms with Gasteiger partial charge in [0, 0.05) is 18.1 Å². The van der Waals surface area contributed by atoms with E-state index in [-0.39, 0.29) is 6.54 Å². The second kappa shape index (κ2) is 8.46. The molecule has 9 heteroatoms. The predicted molar refractivity (Wildman–Crippen MR) is 132 cm³/mol. The molecular formula is C24H20ClN2O4S2+. The molecule has 0 saturated carbocycles. The van der Waals surface area contributed by atoms with Crippen LogP contribution in [0.25, 0.3) is 27.4 Å². The van der Waals surface area contributed by atoms with Crippen molar-refractivity contribution >= 4 is 55.0 Å². The Labute approximate surface area is 200 Å². The Hall–Kier alpha value is -2.91. The van der Waals surface area contributed by atoms with Crippen molar-refractivity contribution in [1.82, 2.24) is 0 Å². The third-order valence-electron chi connectivity index (χ3n) is 5.48. The van der Waals surface area contributed by atoms with Gasteiger partial charge in [-0.15, -0.1) is 0 Å². The Morgan fingerprint density at radius 1 is 1.09 bits per heavy atom. The quantitative estimate of drug-likeness (QED) is 0.301. The molecule has 1 aliphatic rings. The number of hydrogen-bond donors (Lipinski definition) is 1. The molecule has 1 aliphatic heterocycles. The normalized spacial score (nSPS) is 14.6. The van der Waals surface area contributed by atoms with Gasteiger partial charge in [0.25, 0.3) is 15.1 Å². The molecule has 0 fully saturated rings. The average Bonchev–Trinajstić information content (AvgIpc) is 3.28. The number of aryl methyl sites for hydroxylation is 1. The van der Waals surface area contributed by atoms with E-state index >= 15 is 0 Å². The second-order valence-electron chi connectivity index (χ2n) is 7.68. The number of fused-ring (bicyclic) bond motifs is 2. The third kappa shape index (κ3) is 4.47. The van der Waals surface area contributed by atoms with Crippen LogP contribution in [0.3, 0.4) is 0 Å². The number of hydrogen-bond acceptors (Lipinski definition) is 5. The van der Waals surface area contributed by atoms with Crippen molar-refractivity contribution in [3.05, 3.63) is 82.6 Å². The largest absolute Gasteiger partial charge is 0.438 e. The lowest BCUT2D eigenvalue weighted by atomic mass is 10.0. The van der Waals surface area contributed by atoms with Crippen LogP contribution in [0.5, 0.6) is 5.75 Å². The number of thiazole rings is 1. The van der Waals surface area contributed by atoms with Gasteiger partial charge in [0.1, 0.15) is 10.5 Å². The Bertz CT molecular complexity index is 1500. The first-order chi connectivity index (χ1) is 15.8. The summed E-state index contributed by atoms with van der Waals surface area (Å²) in [5.41, 5.74) is 3.95. The van der Waals surface area contributed by atoms with Gasteiger partial charge in [0.15, 0.2) is 12.3 Å². The first-order valence-electron chi connectivity index (χ1n) is 10.2. The zero-order valence-corrected chi connectivity index (χ0v) is 20.0. The molecule has 0 radical (unpaired) electrons. The molecule has 1 aromatic heterocycles. The summed E-state index contributed by atoms with van der Waals surface area (Å²) in [4.78, 5) is 1.96. The molecule has 4 aromatic rings. The molecule has 0 saturated heterocycles. The molecule has 2 heterocycles. The second-order valence-corrected chi connectivity index (χ2v) is 10.8. The molecule has 0 amide bonds. The molecule has 5 rings (SSSR count). The van der Waals surface area contributed by atoms with Gasteiger partial charge >= 0.3 is 0 Å². The van der Waals surface area contributed by atoms with Crippen molar-refractivity contribution in [1.29, 1.82) is 0 Å². The predicted octanol–water partition coefficient (Wildman–Crippen LogP) is 5.22. The van der Waals surface area contributed by atoms with Gasteiger partial charge in [-0.05, 0) is 35.4 Å². The molecule has 3 aromatic carbocycles. The van der Waals surface area contributed by atoms with Crippen molar-refractivity contribution in [3.8, 4) is 16.9 Å². The van der Waals surface area contributed by atoms with Crippen molar-refractivity contribution in [2.24, 2.45) is 0 Å². The average molecular weight is 500 g/mol. The summed E-state index contributed by atoms with van der Waals surface area (Å²) in [6, 6.07) is 21.7. The van der Waals surface area contributed by atoms with Gasteiger partial charge in [-0.3, -0.25) is 4.55 Å². The molecule has 0 atom stereocenters. The number of rotatable bonds is 5. The van der Waals surface area contributed by atoms with E-state index in [1.807, 2.05) is 59.0 Å². The highest BCUT2D eigenvalue weighted by atomic mass is 35.5. The van der Waals surface area contributed by atoms with Crippen LogP contribution in [0, 0.1) is 0 Å². The third-order valence-corrected chi connectivity index (χ3v) is 7.53. The van der Waals surface area contributed by atoms with Gasteiger partial charge in [-0.2, -0.15) is 13.0 Å². The lowest BCUT2D eigenvalue weighted by molar-refractivity contribution is -0.664. The van der Waals surface area contributed by atoms with Crippen LogP contribution in [0.15, 0.2) is 72.6 Å². The smallest absolute Gasteiger partial charge is 0.271 e. The van der Waals surface area contributed by atoms with Crippen molar-refractivity contribution in [3.63, 3.8) is 0 Å². The maximum absolute atomic E-state index is 11.4. The summed E-state index contributed by atoms with van der Waals surface area (Å²) in [7, 11) is -2.19. The standard InChI is InChI=1S/C24H19ClN2O4S2/c1-26-19-13-17(16-5-3-2-4-6-16)7-9-21(19)31-23(26)15-24-27(11-12-33(28,29)30)20-14-18(25)8-10-22(20)32-24/h2-10,13-15H,11-12H2,1H3/p+1. The fraction of sp³-hybridized carbons (Fsp3) is 0.125. The monoisotopic (exact) mass is 499 g/mol. The SMILES string of the molecule is CN1/C(=C/c2sc3ccc(Cl)cc3[n+]2CCS(=O)(=O)O)Oc2ccc(-c3ccccc3)cc21. The topological polar surface area (TPSA) is 70.7 Å². The molecule has 0 unspecified atom stereocenters. The summed E-state index contributed by atoms with van der Waals surface area (Å²) in [5, 5.41) is 1.34. The van der Waals surface area contributed by atoms with Gasteiger partial charge in [-0.1, -0.05) is 59.3 Å². The highest BCUT2D eigenvalue weighted by molar-refractivity contribution is 7.85. The maximum Gasteiger partial charge on any atom is 0.271 e. The van der Waals surface area contributed by atoms with Crippen LogP contribution < -0.4 is 14.2 Å². The van der Waals surface area contributed by atoms with E-state index in [1.165, 1.54) is 11.3 Å². The Morgan fingerprint density at radius 2 is 1.88 bits per heavy atom. The fourth-order valence-corrected chi connectivity index (χ4v) is 5.50. The van der Waals surface area contributed by atoms with E-state index in [4.69, 9.17) is 16.3 Å². The van der Waals surface area contributed by atoms with E-state index in [1.54, 1.807) is 12.1 Å². The number of benzene rings is 3. The summed E-state index contributed by atoms with van der Waals surface area (Å²) in [6.07, 6.45) is 1.88. The molecule has 33 heavy (non-hydrogen) atoms. The lowest BCUT2D eigenvalue weighted by Crippen LogP contribution is -2.38. The van der Waals surface area contributed by atoms with Crippen LogP contribution in [0.4, 0.5) is 5.69 Å². The molecule has 168 valence electrons. The number of anilines is 1. The van der Waals surface area contributed by atoms with Crippen molar-refractivity contribution < 1.29 is 22.3 Å². The van der Waals surface area contributed by atoms with Crippen molar-refractivity contribution in [2.75, 3.05) is 17.7 Å². The van der Waals surface area contributed by atoms with Gasteiger partial charge < -0.3 is 9.64 Å². The van der Waals surface area contributed by atoms with Crippen LogP contribution in [-0.4, -0.2) is 25.8 Å². The van der Waals surface area contributed by atoms with Crippen LogP contribution in [0.2, 0.25) is 5.02 Å². The Morgan fingerprint density at radius 3 is 2.64 bits per heavy atom. The number of aromatic nitrogens is 1. The Kier molecular flexibility index (Phi) is 5.62. The zero-order chi connectivity index (χ0) is 23.2. The molecule has 1 N–H and O–H groups in total. The van der Waals surface area contributed by atoms with E-state index < -0.39 is 15.9 Å². The molecule has 0 bridgehead atoms. The van der Waals surface area contributed by atoms with Gasteiger partial charge in [-0.25, -0.2) is 0 Å². The zero-order valence-electron chi connectivity index (χ0n) is 17.6. The lowest BCUT2D eigenvalue weighted by Gasteiger charge is -2.11. The summed E-state index contributed by atoms with van der Waals surface area (Å²) in [5.74, 6) is 0.967. The summed E-state index contributed by atoms with van der Waals surface area (Å²) >= 11 is 7.68. The highest BCUT2D eigenvalue weighted by Gasteiger charge is 2.28. The Balaban J connectivity index is 1.54. The number of nitrogens with zero attached hydrogens (tertiary/aromatic N) is 2. The van der Waals surface area contributed by atoms with E-state index in [0.717, 1.165) is 37.8 Å². The van der Waals surface area contributed by atoms with Crippen LogP contribution in [-0.2, 0) is 16.7 Å². The van der Waals surface area contributed by atoms with Crippen LogP contribution >= 0.6 is 22.9 Å². The summed E-state index contributed by atoms with van der Waals surface area (Å²) in [6.45, 7) is 0.0904. The van der Waals surface area contributed by atoms with E-state index in [9.17, 15) is 13.0 Å². The molecular weight excluding hydrogens is 480 g/mol. The minimum absolute atomic E-state index is 0.0904. The number of halogens is 1. The van der Waals surface area contributed by atoms with E-state index in [0.29, 0.717) is 10.9 Å². The first-order valence-corrected chi connectivity index (χ1v) is 13.0. The molecule has 0 aliphatic carbocycles. The fourth-order valence-electron chi connectivity index (χ4n) is 3.83. The minimum Gasteiger partial charge on any atom is -0.438 e. The van der Waals surface area contributed by atoms with Gasteiger partial charge in [0.05, 0.1) is 11.8 Å². The molecule has 0 spiro atoms. The minimum atomic E-state index is -4.12. The first kappa shape index (κ1) is 21.9. The highest BCUT2D eigenvalue weighted by Crippen LogP contribution is 2.41. The summed E-state index contributed by atoms with van der Waals surface area (Å²) < 4.78 is 41.0. The maximum atomic E-state index is 11.4.